The van der Waals surface area contributed by atoms with Gasteiger partial charge in [-0.2, -0.15) is 0 Å². The number of anilines is 2. The van der Waals surface area contributed by atoms with E-state index < -0.39 is 5.60 Å². The molecule has 6 heteroatoms. The number of likely N-dealkylation sites (N-methyl/N-ethyl adjacent to an activating group) is 1. The van der Waals surface area contributed by atoms with Gasteiger partial charge in [-0.05, 0) is 32.0 Å². The van der Waals surface area contributed by atoms with Gasteiger partial charge in [-0.1, -0.05) is 25.0 Å². The molecule has 0 atom stereocenters. The van der Waals surface area contributed by atoms with Crippen molar-refractivity contribution >= 4 is 17.4 Å². The van der Waals surface area contributed by atoms with Crippen LogP contribution < -0.4 is 15.5 Å². The Hall–Kier alpha value is -1.79. The maximum absolute atomic E-state index is 12.2. The Labute approximate surface area is 143 Å². The molecular formula is C18H28N4O2. The van der Waals surface area contributed by atoms with Crippen molar-refractivity contribution in [3.63, 3.8) is 0 Å². The van der Waals surface area contributed by atoms with Crippen molar-refractivity contribution in [1.29, 1.82) is 0 Å². The highest BCUT2D eigenvalue weighted by Crippen LogP contribution is 2.29. The maximum Gasteiger partial charge on any atom is 0.319 e. The fourth-order valence-corrected chi connectivity index (χ4v) is 3.52. The molecule has 1 aliphatic heterocycles. The summed E-state index contributed by atoms with van der Waals surface area (Å²) >= 11 is 0. The highest BCUT2D eigenvalue weighted by atomic mass is 16.3. The van der Waals surface area contributed by atoms with E-state index in [1.54, 1.807) is 0 Å². The lowest BCUT2D eigenvalue weighted by molar-refractivity contribution is 0.0506. The number of piperazine rings is 1. The van der Waals surface area contributed by atoms with Crippen molar-refractivity contribution < 1.29 is 9.90 Å². The summed E-state index contributed by atoms with van der Waals surface area (Å²) < 4.78 is 0. The van der Waals surface area contributed by atoms with Crippen LogP contribution in [0, 0.1) is 0 Å². The molecule has 0 radical (unpaired) electrons. The van der Waals surface area contributed by atoms with Gasteiger partial charge in [0.15, 0.2) is 0 Å². The van der Waals surface area contributed by atoms with Gasteiger partial charge in [-0.25, -0.2) is 4.79 Å². The molecule has 0 aromatic heterocycles. The molecule has 1 heterocycles. The quantitative estimate of drug-likeness (QED) is 0.787. The van der Waals surface area contributed by atoms with E-state index in [4.69, 9.17) is 0 Å². The molecule has 24 heavy (non-hydrogen) atoms. The number of nitrogens with zero attached hydrogens (tertiary/aromatic N) is 2. The number of amides is 2. The van der Waals surface area contributed by atoms with E-state index in [-0.39, 0.29) is 6.03 Å². The number of rotatable bonds is 4. The van der Waals surface area contributed by atoms with Crippen molar-refractivity contribution in [3.8, 4) is 0 Å². The normalized spacial score (nSPS) is 20.8. The fraction of sp³-hybridized carbons (Fsp3) is 0.611. The number of hydrogen-bond acceptors (Lipinski definition) is 4. The van der Waals surface area contributed by atoms with Crippen molar-refractivity contribution in [2.24, 2.45) is 0 Å². The summed E-state index contributed by atoms with van der Waals surface area (Å²) in [5.74, 6) is 0. The first-order valence-electron chi connectivity index (χ1n) is 8.86. The van der Waals surface area contributed by atoms with Crippen LogP contribution >= 0.6 is 0 Å². The third-order valence-corrected chi connectivity index (χ3v) is 5.11. The minimum absolute atomic E-state index is 0.253. The van der Waals surface area contributed by atoms with Gasteiger partial charge in [-0.3, -0.25) is 0 Å². The van der Waals surface area contributed by atoms with Crippen LogP contribution in [-0.4, -0.2) is 61.4 Å². The molecule has 2 aliphatic rings. The molecule has 0 unspecified atom stereocenters. The second kappa shape index (κ2) is 7.40. The number of nitrogens with one attached hydrogen (secondary N) is 2. The zero-order valence-electron chi connectivity index (χ0n) is 14.4. The summed E-state index contributed by atoms with van der Waals surface area (Å²) in [5, 5.41) is 16.1. The van der Waals surface area contributed by atoms with Crippen LogP contribution in [0.2, 0.25) is 0 Å². The third kappa shape index (κ3) is 4.19. The molecule has 0 spiro atoms. The van der Waals surface area contributed by atoms with E-state index >= 15 is 0 Å². The summed E-state index contributed by atoms with van der Waals surface area (Å²) in [5.41, 5.74) is 1.15. The smallest absolute Gasteiger partial charge is 0.319 e. The number of urea groups is 1. The number of aliphatic hydroxyl groups is 1. The van der Waals surface area contributed by atoms with Crippen LogP contribution in [0.5, 0.6) is 0 Å². The van der Waals surface area contributed by atoms with E-state index in [1.165, 1.54) is 0 Å². The van der Waals surface area contributed by atoms with Crippen LogP contribution in [0.1, 0.15) is 25.7 Å². The standard InChI is InChI=1S/C18H28N4O2/c1-21-10-12-22(13-11-21)16-7-3-2-6-15(16)20-17(23)19-14-18(24)8-4-5-9-18/h2-3,6-7,24H,4-5,8-14H2,1H3,(H2,19,20,23). The number of carbonyl (C=O) groups excluding carboxylic acids is 1. The number of hydrogen-bond donors (Lipinski definition) is 3. The molecule has 2 fully saturated rings. The monoisotopic (exact) mass is 332 g/mol. The van der Waals surface area contributed by atoms with E-state index in [1.807, 2.05) is 24.3 Å². The van der Waals surface area contributed by atoms with E-state index in [9.17, 15) is 9.90 Å². The van der Waals surface area contributed by atoms with Crippen molar-refractivity contribution in [3.05, 3.63) is 24.3 Å². The predicted molar refractivity (Wildman–Crippen MR) is 96.6 cm³/mol. The van der Waals surface area contributed by atoms with Crippen molar-refractivity contribution in [2.45, 2.75) is 31.3 Å². The summed E-state index contributed by atoms with van der Waals surface area (Å²) in [6.07, 6.45) is 3.61. The molecule has 1 saturated heterocycles. The first kappa shape index (κ1) is 17.0. The molecular weight excluding hydrogens is 304 g/mol. The summed E-state index contributed by atoms with van der Waals surface area (Å²) in [6, 6.07) is 7.65. The number of para-hydroxylation sites is 2. The lowest BCUT2D eigenvalue weighted by Crippen LogP contribution is -2.45. The van der Waals surface area contributed by atoms with Crippen LogP contribution in [0.3, 0.4) is 0 Å². The highest BCUT2D eigenvalue weighted by molar-refractivity contribution is 5.93. The van der Waals surface area contributed by atoms with Gasteiger partial charge in [0.2, 0.25) is 0 Å². The van der Waals surface area contributed by atoms with Crippen LogP contribution in [0.15, 0.2) is 24.3 Å². The van der Waals surface area contributed by atoms with Crippen LogP contribution in [-0.2, 0) is 0 Å². The molecule has 2 amide bonds. The lowest BCUT2D eigenvalue weighted by Gasteiger charge is -2.35. The maximum atomic E-state index is 12.2. The van der Waals surface area contributed by atoms with Gasteiger partial charge in [0.25, 0.3) is 0 Å². The van der Waals surface area contributed by atoms with Gasteiger partial charge in [0.1, 0.15) is 0 Å². The molecule has 1 saturated carbocycles. The van der Waals surface area contributed by atoms with Gasteiger partial charge in [-0.15, -0.1) is 0 Å². The lowest BCUT2D eigenvalue weighted by atomic mass is 10.0. The highest BCUT2D eigenvalue weighted by Gasteiger charge is 2.31. The Morgan fingerprint density at radius 2 is 1.83 bits per heavy atom. The Bertz CT molecular complexity index is 564. The second-order valence-electron chi connectivity index (χ2n) is 7.05. The number of benzene rings is 1. The first-order chi connectivity index (χ1) is 11.6. The minimum atomic E-state index is -0.728. The fourth-order valence-electron chi connectivity index (χ4n) is 3.52. The third-order valence-electron chi connectivity index (χ3n) is 5.11. The van der Waals surface area contributed by atoms with Gasteiger partial charge in [0, 0.05) is 32.7 Å². The molecule has 1 aromatic rings. The Morgan fingerprint density at radius 3 is 2.54 bits per heavy atom. The zero-order chi connectivity index (χ0) is 17.0. The summed E-state index contributed by atoms with van der Waals surface area (Å²) in [6.45, 7) is 4.27. The van der Waals surface area contributed by atoms with E-state index in [0.717, 1.165) is 63.2 Å². The Morgan fingerprint density at radius 1 is 1.17 bits per heavy atom. The summed E-state index contributed by atoms with van der Waals surface area (Å²) in [7, 11) is 2.13. The van der Waals surface area contributed by atoms with Gasteiger partial charge < -0.3 is 25.5 Å². The Kier molecular flexibility index (Phi) is 5.26. The topological polar surface area (TPSA) is 67.8 Å². The van der Waals surface area contributed by atoms with Gasteiger partial charge in [0.05, 0.1) is 17.0 Å². The molecule has 3 N–H and O–H groups in total. The molecule has 6 nitrogen and oxygen atoms in total. The second-order valence-corrected chi connectivity index (χ2v) is 7.05. The van der Waals surface area contributed by atoms with E-state index in [2.05, 4.69) is 27.5 Å². The molecule has 3 rings (SSSR count). The molecule has 1 aromatic carbocycles. The summed E-state index contributed by atoms with van der Waals surface area (Å²) in [4.78, 5) is 16.9. The first-order valence-corrected chi connectivity index (χ1v) is 8.86. The largest absolute Gasteiger partial charge is 0.388 e. The molecule has 0 bridgehead atoms. The van der Waals surface area contributed by atoms with Crippen molar-refractivity contribution in [1.82, 2.24) is 10.2 Å². The molecule has 132 valence electrons. The predicted octanol–water partition coefficient (Wildman–Crippen LogP) is 1.86. The number of carbonyl (C=O) groups is 1. The molecule has 1 aliphatic carbocycles. The zero-order valence-corrected chi connectivity index (χ0v) is 14.4. The van der Waals surface area contributed by atoms with E-state index in [0.29, 0.717) is 6.54 Å². The van der Waals surface area contributed by atoms with Crippen LogP contribution in [0.4, 0.5) is 16.2 Å². The average Bonchev–Trinajstić information content (AvgIpc) is 3.02. The average molecular weight is 332 g/mol. The van der Waals surface area contributed by atoms with Crippen molar-refractivity contribution in [2.75, 3.05) is 50.0 Å². The Balaban J connectivity index is 1.59. The van der Waals surface area contributed by atoms with Crippen LogP contribution in [0.25, 0.3) is 0 Å². The minimum Gasteiger partial charge on any atom is -0.388 e. The SMILES string of the molecule is CN1CCN(c2ccccc2NC(=O)NCC2(O)CCCC2)CC1. The van der Waals surface area contributed by atoms with Gasteiger partial charge >= 0.3 is 6.03 Å².